The fraction of sp³-hybridized carbons (Fsp3) is 0.800. The number of esters is 1. The number of ether oxygens (including phenoxy) is 1. The van der Waals surface area contributed by atoms with E-state index in [0.717, 1.165) is 19.3 Å². The van der Waals surface area contributed by atoms with Crippen molar-refractivity contribution in [3.05, 3.63) is 11.6 Å². The number of allylic oxidation sites excluding steroid dienone is 1. The third-order valence-corrected chi connectivity index (χ3v) is 6.89. The third kappa shape index (κ3) is 2.54. The van der Waals surface area contributed by atoms with Crippen LogP contribution in [0.3, 0.4) is 0 Å². The van der Waals surface area contributed by atoms with E-state index in [1.54, 1.807) is 0 Å². The average molecular weight is 334 g/mol. The Bertz CT molecular complexity index is 603. The number of Topliss-reactive ketones (excluding diaryl/α,β-unsaturated/α-hetero) is 1. The quantitative estimate of drug-likeness (QED) is 0.786. The summed E-state index contributed by atoms with van der Waals surface area (Å²) in [5, 5.41) is 11.0. The Labute approximate surface area is 144 Å². The maximum atomic E-state index is 12.9. The van der Waals surface area contributed by atoms with Gasteiger partial charge in [-0.2, -0.15) is 0 Å². The summed E-state index contributed by atoms with van der Waals surface area (Å²) in [7, 11) is 0. The van der Waals surface area contributed by atoms with Gasteiger partial charge < -0.3 is 9.84 Å². The van der Waals surface area contributed by atoms with Crippen LogP contribution in [0.2, 0.25) is 0 Å². The van der Waals surface area contributed by atoms with Crippen LogP contribution in [-0.2, 0) is 14.3 Å². The maximum absolute atomic E-state index is 12.9. The van der Waals surface area contributed by atoms with Crippen molar-refractivity contribution in [1.82, 2.24) is 0 Å². The molecule has 1 heterocycles. The lowest BCUT2D eigenvalue weighted by molar-refractivity contribution is -0.142. The van der Waals surface area contributed by atoms with E-state index in [1.807, 2.05) is 19.9 Å². The summed E-state index contributed by atoms with van der Waals surface area (Å²) in [6.45, 7) is 10.5. The van der Waals surface area contributed by atoms with Gasteiger partial charge in [0.2, 0.25) is 0 Å². The smallest absolute Gasteiger partial charge is 0.309 e. The molecule has 4 atom stereocenters. The molecular weight excluding hydrogens is 304 g/mol. The highest BCUT2D eigenvalue weighted by Gasteiger charge is 2.56. The molecule has 1 N–H and O–H groups in total. The molecule has 1 saturated carbocycles. The Morgan fingerprint density at radius 3 is 2.50 bits per heavy atom. The fourth-order valence-electron chi connectivity index (χ4n) is 5.25. The van der Waals surface area contributed by atoms with Crippen LogP contribution < -0.4 is 0 Å². The molecule has 0 radical (unpaired) electrons. The second-order valence-corrected chi connectivity index (χ2v) is 9.32. The summed E-state index contributed by atoms with van der Waals surface area (Å²) in [6.07, 6.45) is 4.98. The number of cyclic esters (lactones) is 1. The molecule has 4 heteroatoms. The first kappa shape index (κ1) is 17.7. The summed E-state index contributed by atoms with van der Waals surface area (Å²) in [4.78, 5) is 24.8. The Kier molecular flexibility index (Phi) is 3.99. The van der Waals surface area contributed by atoms with Gasteiger partial charge in [0.05, 0.1) is 6.42 Å². The van der Waals surface area contributed by atoms with Crippen LogP contribution >= 0.6 is 0 Å². The molecule has 3 rings (SSSR count). The molecule has 0 aromatic heterocycles. The first-order valence-electron chi connectivity index (χ1n) is 9.17. The lowest BCUT2D eigenvalue weighted by Gasteiger charge is -2.52. The van der Waals surface area contributed by atoms with Crippen molar-refractivity contribution in [2.75, 3.05) is 0 Å². The van der Waals surface area contributed by atoms with Crippen LogP contribution in [0.5, 0.6) is 0 Å². The SMILES string of the molecule is CC(C)C1(O)CC(=O)OC1C1=CC2(C)CCCC(C)(C)C2CC1=O. The largest absolute Gasteiger partial charge is 0.454 e. The van der Waals surface area contributed by atoms with Crippen molar-refractivity contribution in [1.29, 1.82) is 0 Å². The van der Waals surface area contributed by atoms with Crippen molar-refractivity contribution in [3.8, 4) is 0 Å². The molecule has 4 nitrogen and oxygen atoms in total. The van der Waals surface area contributed by atoms with Gasteiger partial charge in [0.15, 0.2) is 11.9 Å². The Balaban J connectivity index is 2.02. The maximum Gasteiger partial charge on any atom is 0.309 e. The number of aliphatic hydroxyl groups is 1. The van der Waals surface area contributed by atoms with Gasteiger partial charge in [-0.15, -0.1) is 0 Å². The number of hydrogen-bond acceptors (Lipinski definition) is 4. The lowest BCUT2D eigenvalue weighted by Crippen LogP contribution is -2.50. The van der Waals surface area contributed by atoms with Crippen LogP contribution in [0.1, 0.15) is 66.7 Å². The van der Waals surface area contributed by atoms with Gasteiger partial charge in [-0.3, -0.25) is 9.59 Å². The van der Waals surface area contributed by atoms with Crippen molar-refractivity contribution in [3.63, 3.8) is 0 Å². The van der Waals surface area contributed by atoms with Gasteiger partial charge in [0, 0.05) is 12.0 Å². The van der Waals surface area contributed by atoms with E-state index in [0.29, 0.717) is 17.9 Å². The molecule has 3 aliphatic rings. The zero-order chi connectivity index (χ0) is 17.9. The first-order valence-corrected chi connectivity index (χ1v) is 9.17. The minimum absolute atomic E-state index is 0.0335. The van der Waals surface area contributed by atoms with Crippen LogP contribution in [0.15, 0.2) is 11.6 Å². The van der Waals surface area contributed by atoms with E-state index in [-0.39, 0.29) is 29.0 Å². The molecular formula is C20H30O4. The summed E-state index contributed by atoms with van der Waals surface area (Å²) < 4.78 is 5.45. The van der Waals surface area contributed by atoms with Crippen LogP contribution in [0, 0.1) is 22.7 Å². The van der Waals surface area contributed by atoms with E-state index >= 15 is 0 Å². The topological polar surface area (TPSA) is 63.6 Å². The molecule has 0 aromatic carbocycles. The fourth-order valence-corrected chi connectivity index (χ4v) is 5.25. The molecule has 0 aromatic rings. The zero-order valence-electron chi connectivity index (χ0n) is 15.5. The van der Waals surface area contributed by atoms with Gasteiger partial charge in [-0.1, -0.05) is 47.1 Å². The molecule has 0 amide bonds. The molecule has 1 saturated heterocycles. The monoisotopic (exact) mass is 334 g/mol. The summed E-state index contributed by atoms with van der Waals surface area (Å²) in [6, 6.07) is 0. The minimum atomic E-state index is -1.29. The Morgan fingerprint density at radius 1 is 1.21 bits per heavy atom. The summed E-state index contributed by atoms with van der Waals surface area (Å²) >= 11 is 0. The predicted octanol–water partition coefficient (Wildman–Crippen LogP) is 3.42. The molecule has 2 aliphatic carbocycles. The van der Waals surface area contributed by atoms with Gasteiger partial charge in [-0.05, 0) is 35.5 Å². The van der Waals surface area contributed by atoms with E-state index in [1.165, 1.54) is 0 Å². The molecule has 24 heavy (non-hydrogen) atoms. The minimum Gasteiger partial charge on any atom is -0.454 e. The van der Waals surface area contributed by atoms with Crippen LogP contribution in [-0.4, -0.2) is 28.6 Å². The third-order valence-electron chi connectivity index (χ3n) is 6.89. The molecule has 134 valence electrons. The first-order chi connectivity index (χ1) is 11.0. The van der Waals surface area contributed by atoms with Gasteiger partial charge in [0.25, 0.3) is 0 Å². The number of carbonyl (C=O) groups is 2. The highest BCUT2D eigenvalue weighted by molar-refractivity contribution is 5.99. The van der Waals surface area contributed by atoms with Crippen molar-refractivity contribution >= 4 is 11.8 Å². The molecule has 0 spiro atoms. The number of hydrogen-bond donors (Lipinski definition) is 1. The number of fused-ring (bicyclic) bond motifs is 1. The van der Waals surface area contributed by atoms with Crippen LogP contribution in [0.25, 0.3) is 0 Å². The second-order valence-electron chi connectivity index (χ2n) is 9.32. The number of rotatable bonds is 2. The Hall–Kier alpha value is -1.16. The number of carbonyl (C=O) groups excluding carboxylic acids is 2. The zero-order valence-corrected chi connectivity index (χ0v) is 15.5. The number of ketones is 1. The van der Waals surface area contributed by atoms with Gasteiger partial charge >= 0.3 is 5.97 Å². The van der Waals surface area contributed by atoms with E-state index in [2.05, 4.69) is 20.8 Å². The van der Waals surface area contributed by atoms with E-state index < -0.39 is 17.7 Å². The molecule has 2 fully saturated rings. The second kappa shape index (κ2) is 5.42. The summed E-state index contributed by atoms with van der Waals surface area (Å²) in [5.41, 5.74) is -0.705. The van der Waals surface area contributed by atoms with Crippen LogP contribution in [0.4, 0.5) is 0 Å². The Morgan fingerprint density at radius 2 is 1.88 bits per heavy atom. The molecule has 0 bridgehead atoms. The molecule has 4 unspecified atom stereocenters. The summed E-state index contributed by atoms with van der Waals surface area (Å²) in [5.74, 6) is -0.234. The highest BCUT2D eigenvalue weighted by atomic mass is 16.6. The van der Waals surface area contributed by atoms with Crippen molar-refractivity contribution in [2.24, 2.45) is 22.7 Å². The van der Waals surface area contributed by atoms with E-state index in [9.17, 15) is 14.7 Å². The standard InChI is InChI=1S/C20H30O4/c1-12(2)20(23)11-16(22)24-17(20)13-10-19(5)8-6-7-18(3,4)15(19)9-14(13)21/h10,12,15,17,23H,6-9,11H2,1-5H3. The van der Waals surface area contributed by atoms with Crippen molar-refractivity contribution in [2.45, 2.75) is 78.4 Å². The molecule has 1 aliphatic heterocycles. The normalized spacial score (nSPS) is 41.9. The average Bonchev–Trinajstić information content (AvgIpc) is 2.76. The van der Waals surface area contributed by atoms with Crippen molar-refractivity contribution < 1.29 is 19.4 Å². The lowest BCUT2D eigenvalue weighted by atomic mass is 9.52. The van der Waals surface area contributed by atoms with Gasteiger partial charge in [0.1, 0.15) is 5.60 Å². The highest BCUT2D eigenvalue weighted by Crippen LogP contribution is 2.56. The van der Waals surface area contributed by atoms with Gasteiger partial charge in [-0.25, -0.2) is 0 Å². The van der Waals surface area contributed by atoms with E-state index in [4.69, 9.17) is 4.74 Å². The predicted molar refractivity (Wildman–Crippen MR) is 91.2 cm³/mol.